The maximum absolute atomic E-state index is 11.0. The molecule has 1 N–H and O–H groups in total. The van der Waals surface area contributed by atoms with Crippen LogP contribution in [0.5, 0.6) is 0 Å². The molecule has 0 unspecified atom stereocenters. The van der Waals surface area contributed by atoms with Gasteiger partial charge in [-0.1, -0.05) is 11.8 Å². The number of aliphatic hydroxyl groups excluding tert-OH is 1. The third-order valence-corrected chi connectivity index (χ3v) is 2.22. The Hall–Kier alpha value is -1.25. The first-order chi connectivity index (χ1) is 8.11. The summed E-state index contributed by atoms with van der Waals surface area (Å²) in [5.74, 6) is 5.89. The molecule has 0 atom stereocenters. The summed E-state index contributed by atoms with van der Waals surface area (Å²) in [6.45, 7) is 2.20. The van der Waals surface area contributed by atoms with Crippen LogP contribution in [-0.2, 0) is 4.74 Å². The molecule has 5 heteroatoms. The number of aliphatic hydroxyl groups is 1. The van der Waals surface area contributed by atoms with E-state index in [9.17, 15) is 4.79 Å². The Morgan fingerprint density at radius 1 is 1.24 bits per heavy atom. The summed E-state index contributed by atoms with van der Waals surface area (Å²) in [5.41, 5.74) is 0. The Bertz CT molecular complexity index is 271. The number of nitrogens with zero attached hydrogens (tertiary/aromatic N) is 2. The predicted octanol–water partition coefficient (Wildman–Crippen LogP) is 0.392. The molecule has 0 heterocycles. The average Bonchev–Trinajstić information content (AvgIpc) is 2.33. The first-order valence-electron chi connectivity index (χ1n) is 5.66. The molecule has 0 spiro atoms. The standard InChI is InChI=1S/C12H22N2O3/c1-13(9-6-7-11-15)8-4-5-10-14(2)12(16)17-3/h15H,6-11H2,1-3H3. The maximum atomic E-state index is 11.0. The van der Waals surface area contributed by atoms with Crippen LogP contribution < -0.4 is 0 Å². The van der Waals surface area contributed by atoms with E-state index in [2.05, 4.69) is 21.5 Å². The Balaban J connectivity index is 3.69. The quantitative estimate of drug-likeness (QED) is 0.541. The number of amides is 1. The maximum Gasteiger partial charge on any atom is 0.410 e. The van der Waals surface area contributed by atoms with Gasteiger partial charge in [-0.15, -0.1) is 0 Å². The highest BCUT2D eigenvalue weighted by molar-refractivity contribution is 5.67. The van der Waals surface area contributed by atoms with E-state index in [1.165, 1.54) is 12.0 Å². The van der Waals surface area contributed by atoms with Crippen LogP contribution in [0.15, 0.2) is 0 Å². The molecule has 0 saturated heterocycles. The Labute approximate surface area is 103 Å². The summed E-state index contributed by atoms with van der Waals surface area (Å²) in [4.78, 5) is 14.5. The fraction of sp³-hybridized carbons (Fsp3) is 0.750. The molecule has 0 bridgehead atoms. The highest BCUT2D eigenvalue weighted by atomic mass is 16.5. The lowest BCUT2D eigenvalue weighted by Gasteiger charge is -2.13. The largest absolute Gasteiger partial charge is 0.453 e. The van der Waals surface area contributed by atoms with Gasteiger partial charge in [0.15, 0.2) is 0 Å². The Morgan fingerprint density at radius 2 is 1.88 bits per heavy atom. The van der Waals surface area contributed by atoms with Crippen LogP contribution in [0.4, 0.5) is 4.79 Å². The van der Waals surface area contributed by atoms with Crippen LogP contribution in [0.2, 0.25) is 0 Å². The molecule has 17 heavy (non-hydrogen) atoms. The van der Waals surface area contributed by atoms with Crippen molar-refractivity contribution < 1.29 is 14.6 Å². The minimum absolute atomic E-state index is 0.240. The molecule has 0 rings (SSSR count). The monoisotopic (exact) mass is 242 g/mol. The van der Waals surface area contributed by atoms with E-state index in [1.807, 2.05) is 7.05 Å². The molecule has 0 fully saturated rings. The van der Waals surface area contributed by atoms with Gasteiger partial charge in [0.25, 0.3) is 0 Å². The lowest BCUT2D eigenvalue weighted by molar-refractivity contribution is 0.138. The minimum Gasteiger partial charge on any atom is -0.453 e. The summed E-state index contributed by atoms with van der Waals surface area (Å²) in [6, 6.07) is 0. The summed E-state index contributed by atoms with van der Waals surface area (Å²) < 4.78 is 4.54. The van der Waals surface area contributed by atoms with Crippen LogP contribution in [0, 0.1) is 11.8 Å². The molecule has 0 aromatic rings. The highest BCUT2D eigenvalue weighted by Crippen LogP contribution is 1.91. The number of carbonyl (C=O) groups excluding carboxylic acids is 1. The van der Waals surface area contributed by atoms with Crippen molar-refractivity contribution in [2.45, 2.75) is 12.8 Å². The average molecular weight is 242 g/mol. The fourth-order valence-electron chi connectivity index (χ4n) is 1.16. The molecular weight excluding hydrogens is 220 g/mol. The highest BCUT2D eigenvalue weighted by Gasteiger charge is 2.04. The lowest BCUT2D eigenvalue weighted by Crippen LogP contribution is -2.27. The van der Waals surface area contributed by atoms with Crippen LogP contribution in [0.3, 0.4) is 0 Å². The van der Waals surface area contributed by atoms with E-state index in [-0.39, 0.29) is 12.7 Å². The van der Waals surface area contributed by atoms with Crippen molar-refractivity contribution in [1.29, 1.82) is 0 Å². The number of unbranched alkanes of at least 4 members (excludes halogenated alkanes) is 1. The van der Waals surface area contributed by atoms with Crippen LogP contribution >= 0.6 is 0 Å². The van der Waals surface area contributed by atoms with Crippen molar-refractivity contribution in [2.75, 3.05) is 47.4 Å². The van der Waals surface area contributed by atoms with E-state index >= 15 is 0 Å². The first kappa shape index (κ1) is 15.8. The smallest absolute Gasteiger partial charge is 0.410 e. The SMILES string of the molecule is COC(=O)N(C)CC#CCN(C)CCCCO. The molecule has 0 aliphatic carbocycles. The second-order valence-corrected chi connectivity index (χ2v) is 3.85. The van der Waals surface area contributed by atoms with Crippen molar-refractivity contribution in [2.24, 2.45) is 0 Å². The van der Waals surface area contributed by atoms with Gasteiger partial charge in [-0.3, -0.25) is 4.90 Å². The molecule has 0 radical (unpaired) electrons. The van der Waals surface area contributed by atoms with Gasteiger partial charge in [0.2, 0.25) is 0 Å². The number of hydrogen-bond acceptors (Lipinski definition) is 4. The topological polar surface area (TPSA) is 53.0 Å². The third kappa shape index (κ3) is 8.55. The van der Waals surface area contributed by atoms with Gasteiger partial charge in [-0.05, 0) is 26.4 Å². The molecule has 0 aliphatic heterocycles. The number of hydrogen-bond donors (Lipinski definition) is 1. The molecular formula is C12H22N2O3. The van der Waals surface area contributed by atoms with Crippen LogP contribution in [0.25, 0.3) is 0 Å². The zero-order valence-electron chi connectivity index (χ0n) is 10.9. The summed E-state index contributed by atoms with van der Waals surface area (Å²) >= 11 is 0. The summed E-state index contributed by atoms with van der Waals surface area (Å²) in [7, 11) is 4.97. The van der Waals surface area contributed by atoms with Crippen molar-refractivity contribution >= 4 is 6.09 Å². The van der Waals surface area contributed by atoms with E-state index < -0.39 is 0 Å². The normalized spacial score (nSPS) is 9.71. The van der Waals surface area contributed by atoms with Crippen molar-refractivity contribution in [3.8, 4) is 11.8 Å². The lowest BCUT2D eigenvalue weighted by atomic mass is 10.3. The molecule has 0 aromatic heterocycles. The Morgan fingerprint density at radius 3 is 2.47 bits per heavy atom. The van der Waals surface area contributed by atoms with E-state index in [4.69, 9.17) is 5.11 Å². The molecule has 1 amide bonds. The second-order valence-electron chi connectivity index (χ2n) is 3.85. The molecule has 0 aliphatic rings. The van der Waals surface area contributed by atoms with Gasteiger partial charge in [0, 0.05) is 13.7 Å². The molecule has 0 saturated carbocycles. The molecule has 0 aromatic carbocycles. The van der Waals surface area contributed by atoms with Crippen LogP contribution in [0.1, 0.15) is 12.8 Å². The first-order valence-corrected chi connectivity index (χ1v) is 5.66. The van der Waals surface area contributed by atoms with E-state index in [0.717, 1.165) is 19.4 Å². The number of methoxy groups -OCH3 is 1. The van der Waals surface area contributed by atoms with Crippen molar-refractivity contribution in [1.82, 2.24) is 9.80 Å². The van der Waals surface area contributed by atoms with Gasteiger partial charge in [-0.2, -0.15) is 0 Å². The number of rotatable bonds is 6. The number of ether oxygens (including phenoxy) is 1. The second kappa shape index (κ2) is 9.94. The van der Waals surface area contributed by atoms with Gasteiger partial charge in [0.05, 0.1) is 20.2 Å². The third-order valence-electron chi connectivity index (χ3n) is 2.22. The minimum atomic E-state index is -0.379. The summed E-state index contributed by atoms with van der Waals surface area (Å²) in [5, 5.41) is 8.63. The van der Waals surface area contributed by atoms with Crippen LogP contribution in [-0.4, -0.2) is 68.4 Å². The molecule has 5 nitrogen and oxygen atoms in total. The molecule has 98 valence electrons. The van der Waals surface area contributed by atoms with Gasteiger partial charge in [0.1, 0.15) is 0 Å². The fourth-order valence-corrected chi connectivity index (χ4v) is 1.16. The van der Waals surface area contributed by atoms with Crippen molar-refractivity contribution in [3.63, 3.8) is 0 Å². The predicted molar refractivity (Wildman–Crippen MR) is 66.6 cm³/mol. The van der Waals surface area contributed by atoms with Crippen molar-refractivity contribution in [3.05, 3.63) is 0 Å². The zero-order chi connectivity index (χ0) is 13.1. The van der Waals surface area contributed by atoms with Gasteiger partial charge in [-0.25, -0.2) is 4.79 Å². The van der Waals surface area contributed by atoms with Gasteiger partial charge < -0.3 is 14.7 Å². The summed E-state index contributed by atoms with van der Waals surface area (Å²) in [6.07, 6.45) is 1.41. The van der Waals surface area contributed by atoms with E-state index in [1.54, 1.807) is 7.05 Å². The van der Waals surface area contributed by atoms with Gasteiger partial charge >= 0.3 is 6.09 Å². The number of carbonyl (C=O) groups is 1. The Kier molecular flexibility index (Phi) is 9.21. The van der Waals surface area contributed by atoms with E-state index in [0.29, 0.717) is 13.1 Å². The zero-order valence-corrected chi connectivity index (χ0v) is 10.9.